The average molecular weight is 431 g/mol. The van der Waals surface area contributed by atoms with Crippen molar-refractivity contribution >= 4 is 28.8 Å². The van der Waals surface area contributed by atoms with E-state index in [1.807, 2.05) is 30.3 Å². The summed E-state index contributed by atoms with van der Waals surface area (Å²) in [6, 6.07) is 16.7. The predicted octanol–water partition coefficient (Wildman–Crippen LogP) is 4.81. The summed E-state index contributed by atoms with van der Waals surface area (Å²) in [5.74, 6) is 3.21. The zero-order valence-corrected chi connectivity index (χ0v) is 18.5. The number of aliphatic imine (C=N–C) groups is 1. The normalized spacial score (nSPS) is 30.7. The summed E-state index contributed by atoms with van der Waals surface area (Å²) >= 11 is 0. The Bertz CT molecular complexity index is 1070. The smallest absolute Gasteiger partial charge is 0.222 e. The van der Waals surface area contributed by atoms with E-state index >= 15 is 0 Å². The summed E-state index contributed by atoms with van der Waals surface area (Å²) in [7, 11) is 1.68. The van der Waals surface area contributed by atoms with Crippen molar-refractivity contribution in [2.45, 2.75) is 50.1 Å². The molecule has 1 saturated carbocycles. The maximum Gasteiger partial charge on any atom is 0.222 e. The number of hydrogen-bond acceptors (Lipinski definition) is 5. The van der Waals surface area contributed by atoms with Crippen LogP contribution >= 0.6 is 0 Å². The Morgan fingerprint density at radius 1 is 1.09 bits per heavy atom. The molecular weight excluding hydrogens is 400 g/mol. The number of ether oxygens (including phenoxy) is 1. The Hall–Kier alpha value is -3.02. The molecule has 2 aromatic carbocycles. The number of hydrogen-bond donors (Lipinski definition) is 2. The highest BCUT2D eigenvalue weighted by molar-refractivity contribution is 6.08. The summed E-state index contributed by atoms with van der Waals surface area (Å²) < 4.78 is 5.33. The minimum atomic E-state index is -0.247. The van der Waals surface area contributed by atoms with Gasteiger partial charge in [0.05, 0.1) is 24.0 Å². The average Bonchev–Trinajstić information content (AvgIpc) is 3.16. The molecular formula is C26H30N4O2. The molecule has 1 amide bonds. The highest BCUT2D eigenvalue weighted by Crippen LogP contribution is 2.51. The molecule has 6 nitrogen and oxygen atoms in total. The first kappa shape index (κ1) is 19.6. The van der Waals surface area contributed by atoms with Gasteiger partial charge >= 0.3 is 0 Å². The summed E-state index contributed by atoms with van der Waals surface area (Å²) in [5.41, 5.74) is 2.84. The molecule has 6 heteroatoms. The van der Waals surface area contributed by atoms with Gasteiger partial charge in [-0.2, -0.15) is 0 Å². The molecule has 1 spiro atoms. The lowest BCUT2D eigenvalue weighted by molar-refractivity contribution is -0.132. The fourth-order valence-corrected chi connectivity index (χ4v) is 6.54. The SMILES string of the molecule is COc1ccc(NC2=Nc3ccccc3N[C@@]23C[C@H]2CCCC(=O)N4CC[C@@H](C3)[C@@H]24)cc1. The van der Waals surface area contributed by atoms with Gasteiger partial charge < -0.3 is 20.3 Å². The van der Waals surface area contributed by atoms with Gasteiger partial charge in [-0.15, -0.1) is 0 Å². The number of rotatable bonds is 2. The summed E-state index contributed by atoms with van der Waals surface area (Å²) in [4.78, 5) is 20.0. The second kappa shape index (κ2) is 7.54. The lowest BCUT2D eigenvalue weighted by atomic mass is 9.65. The number of fused-ring (bicyclic) bond motifs is 1. The minimum Gasteiger partial charge on any atom is -0.497 e. The zero-order valence-electron chi connectivity index (χ0n) is 18.5. The van der Waals surface area contributed by atoms with Gasteiger partial charge in [-0.05, 0) is 80.3 Å². The number of benzene rings is 2. The van der Waals surface area contributed by atoms with Crippen molar-refractivity contribution in [3.05, 3.63) is 48.5 Å². The first-order valence-electron chi connectivity index (χ1n) is 11.8. The van der Waals surface area contributed by atoms with Gasteiger partial charge in [0, 0.05) is 24.7 Å². The molecule has 32 heavy (non-hydrogen) atoms. The van der Waals surface area contributed by atoms with E-state index in [2.05, 4.69) is 33.7 Å². The Labute approximate surface area is 189 Å². The molecule has 0 unspecified atom stereocenters. The highest BCUT2D eigenvalue weighted by Gasteiger charge is 2.55. The third kappa shape index (κ3) is 3.15. The number of methoxy groups -OCH3 is 1. The van der Waals surface area contributed by atoms with Crippen molar-refractivity contribution in [1.29, 1.82) is 0 Å². The van der Waals surface area contributed by atoms with E-state index in [9.17, 15) is 4.79 Å². The molecule has 0 bridgehead atoms. The molecule has 2 aromatic rings. The summed E-state index contributed by atoms with van der Waals surface area (Å²) in [6.07, 6.45) is 5.89. The monoisotopic (exact) mass is 430 g/mol. The van der Waals surface area contributed by atoms with Gasteiger partial charge in [0.15, 0.2) is 0 Å². The number of nitrogens with zero attached hydrogens (tertiary/aromatic N) is 2. The molecule has 2 saturated heterocycles. The maximum atomic E-state index is 12.7. The van der Waals surface area contributed by atoms with Crippen molar-refractivity contribution in [3.8, 4) is 5.75 Å². The van der Waals surface area contributed by atoms with E-state index in [1.54, 1.807) is 7.11 Å². The minimum absolute atomic E-state index is 0.247. The van der Waals surface area contributed by atoms with Crippen LogP contribution in [-0.2, 0) is 4.79 Å². The lowest BCUT2D eigenvalue weighted by Crippen LogP contribution is -2.59. The van der Waals surface area contributed by atoms with Gasteiger partial charge in [0.2, 0.25) is 5.91 Å². The van der Waals surface area contributed by atoms with Gasteiger partial charge in [-0.3, -0.25) is 4.79 Å². The molecule has 6 rings (SSSR count). The fourth-order valence-electron chi connectivity index (χ4n) is 6.54. The largest absolute Gasteiger partial charge is 0.497 e. The van der Waals surface area contributed by atoms with E-state index in [4.69, 9.17) is 9.73 Å². The second-order valence-electron chi connectivity index (χ2n) is 9.73. The van der Waals surface area contributed by atoms with E-state index in [1.165, 1.54) is 0 Å². The van der Waals surface area contributed by atoms with Crippen LogP contribution in [0.5, 0.6) is 5.75 Å². The van der Waals surface area contributed by atoms with E-state index in [0.29, 0.717) is 30.2 Å². The number of anilines is 2. The zero-order chi connectivity index (χ0) is 21.7. The molecule has 3 heterocycles. The first-order valence-corrected chi connectivity index (χ1v) is 11.8. The molecule has 3 fully saturated rings. The van der Waals surface area contributed by atoms with Crippen LogP contribution in [0.25, 0.3) is 0 Å². The number of amides is 1. The van der Waals surface area contributed by atoms with Crippen LogP contribution in [0.15, 0.2) is 53.5 Å². The van der Waals surface area contributed by atoms with Crippen LogP contribution in [0.3, 0.4) is 0 Å². The highest BCUT2D eigenvalue weighted by atomic mass is 16.5. The first-order chi connectivity index (χ1) is 15.6. The molecule has 0 aromatic heterocycles. The Morgan fingerprint density at radius 2 is 1.88 bits per heavy atom. The number of para-hydroxylation sites is 2. The topological polar surface area (TPSA) is 66.0 Å². The quantitative estimate of drug-likeness (QED) is 0.717. The molecule has 4 atom stereocenters. The third-order valence-electron chi connectivity index (χ3n) is 7.89. The van der Waals surface area contributed by atoms with E-state index < -0.39 is 0 Å². The number of amidine groups is 1. The van der Waals surface area contributed by atoms with Crippen LogP contribution < -0.4 is 15.4 Å². The fraction of sp³-hybridized carbons (Fsp3) is 0.462. The van der Waals surface area contributed by atoms with Gasteiger partial charge in [-0.25, -0.2) is 4.99 Å². The molecule has 166 valence electrons. The van der Waals surface area contributed by atoms with Crippen LogP contribution in [0.4, 0.5) is 17.1 Å². The van der Waals surface area contributed by atoms with Crippen LogP contribution in [0.1, 0.15) is 38.5 Å². The van der Waals surface area contributed by atoms with Gasteiger partial charge in [0.25, 0.3) is 0 Å². The van der Waals surface area contributed by atoms with Crippen molar-refractivity contribution in [2.24, 2.45) is 16.8 Å². The molecule has 3 aliphatic heterocycles. The van der Waals surface area contributed by atoms with Crippen molar-refractivity contribution in [2.75, 3.05) is 24.3 Å². The molecule has 0 radical (unpaired) electrons. The summed E-state index contributed by atoms with van der Waals surface area (Å²) in [5, 5.41) is 7.59. The van der Waals surface area contributed by atoms with Gasteiger partial charge in [0.1, 0.15) is 11.6 Å². The Balaban J connectivity index is 1.38. The maximum absolute atomic E-state index is 12.7. The Kier molecular flexibility index (Phi) is 4.63. The van der Waals surface area contributed by atoms with Crippen molar-refractivity contribution in [3.63, 3.8) is 0 Å². The van der Waals surface area contributed by atoms with Crippen molar-refractivity contribution < 1.29 is 9.53 Å². The Morgan fingerprint density at radius 3 is 2.69 bits per heavy atom. The van der Waals surface area contributed by atoms with Crippen LogP contribution in [0.2, 0.25) is 0 Å². The number of carbonyl (C=O) groups excluding carboxylic acids is 1. The number of carbonyl (C=O) groups is 1. The summed E-state index contributed by atoms with van der Waals surface area (Å²) in [6.45, 7) is 0.912. The predicted molar refractivity (Wildman–Crippen MR) is 127 cm³/mol. The molecule has 4 aliphatic rings. The van der Waals surface area contributed by atoms with Crippen molar-refractivity contribution in [1.82, 2.24) is 4.90 Å². The standard InChI is InChI=1S/C26H30N4O2/c1-32-20-11-9-19(10-12-20)27-25-26(29-22-7-3-2-6-21(22)28-25)15-17-5-4-8-23(31)30-14-13-18(16-26)24(17)30/h2-3,6-7,9-12,17-18,24,29H,4-5,8,13-16H2,1H3,(H,27,28)/t17-,18+,24-,26-/m1/s1. The van der Waals surface area contributed by atoms with Crippen LogP contribution in [0, 0.1) is 11.8 Å². The van der Waals surface area contributed by atoms with E-state index in [0.717, 1.165) is 67.3 Å². The van der Waals surface area contributed by atoms with Crippen LogP contribution in [-0.4, -0.2) is 41.9 Å². The molecule has 1 aliphatic carbocycles. The lowest BCUT2D eigenvalue weighted by Gasteiger charge is -2.50. The number of nitrogens with one attached hydrogen (secondary N) is 2. The molecule has 2 N–H and O–H groups in total. The van der Waals surface area contributed by atoms with E-state index in [-0.39, 0.29) is 5.54 Å². The van der Waals surface area contributed by atoms with Gasteiger partial charge in [-0.1, -0.05) is 12.1 Å². The second-order valence-corrected chi connectivity index (χ2v) is 9.73. The third-order valence-corrected chi connectivity index (χ3v) is 7.89.